The highest BCUT2D eigenvalue weighted by molar-refractivity contribution is 6.29. The molecule has 2 aromatic rings. The van der Waals surface area contributed by atoms with Gasteiger partial charge in [0.25, 0.3) is 0 Å². The molecule has 2 N–H and O–H groups in total. The van der Waals surface area contributed by atoms with Crippen LogP contribution in [0, 0.1) is 11.3 Å². The van der Waals surface area contributed by atoms with E-state index in [4.69, 9.17) is 21.7 Å². The molecule has 2 heterocycles. The van der Waals surface area contributed by atoms with Crippen LogP contribution in [0.3, 0.4) is 0 Å². The number of halogens is 1. The fourth-order valence-electron chi connectivity index (χ4n) is 2.46. The van der Waals surface area contributed by atoms with Crippen LogP contribution in [0.1, 0.15) is 35.7 Å². The van der Waals surface area contributed by atoms with E-state index in [0.717, 1.165) is 12.8 Å². The number of rotatable bonds is 6. The Morgan fingerprint density at radius 1 is 1.38 bits per heavy atom. The summed E-state index contributed by atoms with van der Waals surface area (Å²) in [7, 11) is 1.52. The zero-order chi connectivity index (χ0) is 17.3. The fourth-order valence-corrected chi connectivity index (χ4v) is 2.62. The minimum absolute atomic E-state index is 0.0556. The Morgan fingerprint density at radius 2 is 2.12 bits per heavy atom. The number of pyridine rings is 2. The smallest absolute Gasteiger partial charge is 0.173 e. The molecular formula is C17H17ClN4O2. The van der Waals surface area contributed by atoms with Gasteiger partial charge in [-0.15, -0.1) is 0 Å². The van der Waals surface area contributed by atoms with Crippen LogP contribution in [0.4, 0.5) is 11.5 Å². The second-order valence-electron chi connectivity index (χ2n) is 5.68. The third kappa shape index (κ3) is 3.23. The molecular weight excluding hydrogens is 328 g/mol. The molecule has 0 aromatic carbocycles. The van der Waals surface area contributed by atoms with E-state index in [9.17, 15) is 4.79 Å². The lowest BCUT2D eigenvalue weighted by Gasteiger charge is -2.15. The van der Waals surface area contributed by atoms with Crippen LogP contribution in [0.25, 0.3) is 0 Å². The number of aromatic nitrogens is 2. The number of ketones is 1. The molecule has 0 saturated heterocycles. The monoisotopic (exact) mass is 344 g/mol. The Labute approximate surface area is 144 Å². The van der Waals surface area contributed by atoms with E-state index >= 15 is 0 Å². The quantitative estimate of drug-likeness (QED) is 0.472. The highest BCUT2D eigenvalue weighted by atomic mass is 35.5. The van der Waals surface area contributed by atoms with Gasteiger partial charge in [-0.05, 0) is 31.9 Å². The molecule has 0 atom stereocenters. The van der Waals surface area contributed by atoms with E-state index in [1.54, 1.807) is 25.3 Å². The van der Waals surface area contributed by atoms with Crippen molar-refractivity contribution < 1.29 is 9.53 Å². The van der Waals surface area contributed by atoms with Crippen LogP contribution in [0.2, 0.25) is 5.15 Å². The molecule has 7 heteroatoms. The van der Waals surface area contributed by atoms with Crippen molar-refractivity contribution in [2.45, 2.75) is 19.8 Å². The maximum absolute atomic E-state index is 12.5. The topological polar surface area (TPSA) is 88.0 Å². The first kappa shape index (κ1) is 16.4. The van der Waals surface area contributed by atoms with Gasteiger partial charge in [0.05, 0.1) is 18.4 Å². The SMILES string of the molecule is COc1c(C(C)=N)ccnc1Nc1cc(Cl)ncc1C(=O)C1CC1. The molecule has 3 rings (SSSR count). The highest BCUT2D eigenvalue weighted by Gasteiger charge is 2.32. The van der Waals surface area contributed by atoms with Crippen molar-refractivity contribution in [1.82, 2.24) is 9.97 Å². The van der Waals surface area contributed by atoms with E-state index in [1.807, 2.05) is 0 Å². The average Bonchev–Trinajstić information content (AvgIpc) is 3.39. The largest absolute Gasteiger partial charge is 0.492 e. The van der Waals surface area contributed by atoms with Gasteiger partial charge in [-0.2, -0.15) is 0 Å². The summed E-state index contributed by atoms with van der Waals surface area (Å²) in [4.78, 5) is 20.7. The summed E-state index contributed by atoms with van der Waals surface area (Å²) < 4.78 is 5.40. The van der Waals surface area contributed by atoms with Crippen molar-refractivity contribution in [2.75, 3.05) is 12.4 Å². The number of hydrogen-bond donors (Lipinski definition) is 2. The second kappa shape index (κ2) is 6.57. The maximum atomic E-state index is 12.5. The van der Waals surface area contributed by atoms with Gasteiger partial charge in [-0.25, -0.2) is 9.97 Å². The van der Waals surface area contributed by atoms with Crippen LogP contribution in [0.5, 0.6) is 5.75 Å². The number of methoxy groups -OCH3 is 1. The van der Waals surface area contributed by atoms with Gasteiger partial charge >= 0.3 is 0 Å². The van der Waals surface area contributed by atoms with Gasteiger partial charge in [0.2, 0.25) is 0 Å². The second-order valence-corrected chi connectivity index (χ2v) is 6.07. The third-order valence-electron chi connectivity index (χ3n) is 3.85. The minimum Gasteiger partial charge on any atom is -0.492 e. The molecule has 0 bridgehead atoms. The standard InChI is InChI=1S/C17H17ClN4O2/c1-9(19)11-5-6-20-17(16(11)24-2)22-13-7-14(18)21-8-12(13)15(23)10-3-4-10/h5-8,10,19H,3-4H2,1-2H3,(H,20,21,22). The zero-order valence-corrected chi connectivity index (χ0v) is 14.1. The molecule has 0 unspecified atom stereocenters. The van der Waals surface area contributed by atoms with E-state index in [2.05, 4.69) is 15.3 Å². The predicted octanol–water partition coefficient (Wildman–Crippen LogP) is 3.86. The maximum Gasteiger partial charge on any atom is 0.173 e. The average molecular weight is 345 g/mol. The summed E-state index contributed by atoms with van der Waals surface area (Å²) in [6.07, 6.45) is 4.89. The number of Topliss-reactive ketones (excluding diaryl/α,β-unsaturated/α-hetero) is 1. The van der Waals surface area contributed by atoms with Gasteiger partial charge in [0.15, 0.2) is 17.4 Å². The molecule has 24 heavy (non-hydrogen) atoms. The molecule has 0 aliphatic heterocycles. The first-order chi connectivity index (χ1) is 11.5. The minimum atomic E-state index is 0.0556. The number of nitrogens with one attached hydrogen (secondary N) is 2. The summed E-state index contributed by atoms with van der Waals surface area (Å²) >= 11 is 5.99. The molecule has 1 aliphatic carbocycles. The number of carbonyl (C=O) groups is 1. The lowest BCUT2D eigenvalue weighted by molar-refractivity contribution is 0.0968. The van der Waals surface area contributed by atoms with Gasteiger partial charge < -0.3 is 15.5 Å². The van der Waals surface area contributed by atoms with Gasteiger partial charge in [-0.1, -0.05) is 11.6 Å². The Morgan fingerprint density at radius 3 is 2.75 bits per heavy atom. The van der Waals surface area contributed by atoms with Crippen molar-refractivity contribution in [3.63, 3.8) is 0 Å². The van der Waals surface area contributed by atoms with Crippen molar-refractivity contribution in [1.29, 1.82) is 5.41 Å². The number of anilines is 2. The number of nitrogens with zero attached hydrogens (tertiary/aromatic N) is 2. The summed E-state index contributed by atoms with van der Waals surface area (Å²) in [5.41, 5.74) is 2.02. The summed E-state index contributed by atoms with van der Waals surface area (Å²) in [6, 6.07) is 3.31. The Kier molecular flexibility index (Phi) is 4.49. The normalized spacial score (nSPS) is 13.5. The van der Waals surface area contributed by atoms with Crippen LogP contribution in [-0.4, -0.2) is 28.6 Å². The first-order valence-electron chi connectivity index (χ1n) is 7.56. The molecule has 1 aliphatic rings. The Hall–Kier alpha value is -2.47. The fraction of sp³-hybridized carbons (Fsp3) is 0.294. The third-order valence-corrected chi connectivity index (χ3v) is 4.06. The van der Waals surface area contributed by atoms with Crippen molar-refractivity contribution in [2.24, 2.45) is 5.92 Å². The summed E-state index contributed by atoms with van der Waals surface area (Å²) in [5.74, 6) is 0.995. The Bertz CT molecular complexity index is 818. The number of carbonyl (C=O) groups excluding carboxylic acids is 1. The number of hydrogen-bond acceptors (Lipinski definition) is 6. The van der Waals surface area contributed by atoms with Crippen molar-refractivity contribution >= 4 is 34.6 Å². The van der Waals surface area contributed by atoms with Crippen molar-refractivity contribution in [3.05, 3.63) is 40.8 Å². The van der Waals surface area contributed by atoms with E-state index < -0.39 is 0 Å². The molecule has 1 saturated carbocycles. The molecule has 2 aromatic heterocycles. The first-order valence-corrected chi connectivity index (χ1v) is 7.94. The zero-order valence-electron chi connectivity index (χ0n) is 13.4. The predicted molar refractivity (Wildman–Crippen MR) is 92.9 cm³/mol. The molecule has 0 amide bonds. The molecule has 6 nitrogen and oxygen atoms in total. The lowest BCUT2D eigenvalue weighted by atomic mass is 10.1. The highest BCUT2D eigenvalue weighted by Crippen LogP contribution is 2.37. The van der Waals surface area contributed by atoms with E-state index in [0.29, 0.717) is 34.1 Å². The van der Waals surface area contributed by atoms with Gasteiger partial charge in [0.1, 0.15) is 5.15 Å². The molecule has 0 radical (unpaired) electrons. The molecule has 124 valence electrons. The van der Waals surface area contributed by atoms with Crippen LogP contribution < -0.4 is 10.1 Å². The van der Waals surface area contributed by atoms with Gasteiger partial charge in [0, 0.05) is 29.6 Å². The number of ether oxygens (including phenoxy) is 1. The lowest BCUT2D eigenvalue weighted by Crippen LogP contribution is -2.09. The van der Waals surface area contributed by atoms with Crippen LogP contribution in [0.15, 0.2) is 24.5 Å². The van der Waals surface area contributed by atoms with Crippen LogP contribution in [-0.2, 0) is 0 Å². The Balaban J connectivity index is 2.02. The summed E-state index contributed by atoms with van der Waals surface area (Å²) in [6.45, 7) is 1.67. The van der Waals surface area contributed by atoms with E-state index in [1.165, 1.54) is 13.3 Å². The van der Waals surface area contributed by atoms with Gasteiger partial charge in [-0.3, -0.25) is 4.79 Å². The van der Waals surface area contributed by atoms with Crippen molar-refractivity contribution in [3.8, 4) is 5.75 Å². The molecule has 0 spiro atoms. The summed E-state index contributed by atoms with van der Waals surface area (Å²) in [5, 5.41) is 11.2. The van der Waals surface area contributed by atoms with E-state index in [-0.39, 0.29) is 16.9 Å². The molecule has 1 fully saturated rings. The van der Waals surface area contributed by atoms with Crippen LogP contribution >= 0.6 is 11.6 Å².